The second kappa shape index (κ2) is 7.77. The minimum absolute atomic E-state index is 0.0288. The Morgan fingerprint density at radius 1 is 0.967 bits per heavy atom. The molecule has 0 bridgehead atoms. The molecule has 0 aliphatic heterocycles. The fraction of sp³-hybridized carbons (Fsp3) is 0.0625. The predicted molar refractivity (Wildman–Crippen MR) is 106 cm³/mol. The van der Waals surface area contributed by atoms with Crippen LogP contribution < -0.4 is 5.56 Å². The maximum absolute atomic E-state index is 12.7. The molecule has 0 atom stereocenters. The Bertz CT molecular complexity index is 1420. The van der Waals surface area contributed by atoms with E-state index in [1.54, 1.807) is 0 Å². The largest absolute Gasteiger partial charge is 0.299 e. The molecule has 3 rings (SSSR count). The highest BCUT2D eigenvalue weighted by Gasteiger charge is 2.21. The van der Waals surface area contributed by atoms with Crippen LogP contribution in [0.25, 0.3) is 5.69 Å². The molecule has 0 saturated heterocycles. The summed E-state index contributed by atoms with van der Waals surface area (Å²) in [5, 5.41) is 10.0. The van der Waals surface area contributed by atoms with Crippen molar-refractivity contribution in [1.82, 2.24) is 9.78 Å². The molecule has 30 heavy (non-hydrogen) atoms. The summed E-state index contributed by atoms with van der Waals surface area (Å²) in [6.07, 6.45) is 0. The average molecular weight is 473 g/mol. The molecule has 0 saturated carbocycles. The van der Waals surface area contributed by atoms with Crippen molar-refractivity contribution in [3.63, 3.8) is 0 Å². The fourth-order valence-electron chi connectivity index (χ4n) is 2.49. The van der Waals surface area contributed by atoms with E-state index >= 15 is 0 Å². The van der Waals surface area contributed by atoms with E-state index in [9.17, 15) is 26.2 Å². The lowest BCUT2D eigenvalue weighted by molar-refractivity contribution is 0.481. The van der Waals surface area contributed by atoms with Crippen molar-refractivity contribution >= 4 is 43.2 Å². The zero-order valence-corrected chi connectivity index (χ0v) is 17.4. The first kappa shape index (κ1) is 21.9. The molecule has 0 aliphatic rings. The summed E-state index contributed by atoms with van der Waals surface area (Å²) in [4.78, 5) is 11.8. The average Bonchev–Trinajstić information content (AvgIpc) is 2.92. The number of hydrogen-bond acceptors (Lipinski definition) is 7. The standard InChI is InChI=1S/C16H13ClN4O7S2/c1-9-15(19-18-10-5-7-11(8-6-10)29(23,24)25)16(22)21(20-9)12-3-2-4-13(14(12)17)30(26,27)28/h2-8,20H,1H3,(H,23,24,25)(H,26,27,28). The van der Waals surface area contributed by atoms with Gasteiger partial charge in [0.15, 0.2) is 5.69 Å². The molecule has 0 amide bonds. The van der Waals surface area contributed by atoms with E-state index in [-0.39, 0.29) is 32.7 Å². The van der Waals surface area contributed by atoms with Gasteiger partial charge in [-0.05, 0) is 43.3 Å². The molecule has 1 aromatic heterocycles. The van der Waals surface area contributed by atoms with E-state index in [0.29, 0.717) is 0 Å². The van der Waals surface area contributed by atoms with Crippen LogP contribution >= 0.6 is 11.6 Å². The van der Waals surface area contributed by atoms with Gasteiger partial charge < -0.3 is 0 Å². The lowest BCUT2D eigenvalue weighted by Gasteiger charge is -2.07. The van der Waals surface area contributed by atoms with E-state index in [2.05, 4.69) is 15.3 Å². The normalized spacial score (nSPS) is 12.5. The molecule has 3 N–H and O–H groups in total. The lowest BCUT2D eigenvalue weighted by atomic mass is 10.3. The Hall–Kier alpha value is -2.84. The van der Waals surface area contributed by atoms with Crippen molar-refractivity contribution in [3.8, 4) is 5.69 Å². The van der Waals surface area contributed by atoms with Crippen LogP contribution in [0.5, 0.6) is 0 Å². The van der Waals surface area contributed by atoms with Gasteiger partial charge in [-0.2, -0.15) is 21.9 Å². The number of aromatic amines is 1. The van der Waals surface area contributed by atoms with Crippen molar-refractivity contribution in [2.24, 2.45) is 10.2 Å². The summed E-state index contributed by atoms with van der Waals surface area (Å²) >= 11 is 6.04. The highest BCUT2D eigenvalue weighted by atomic mass is 35.5. The molecule has 3 aromatic rings. The Morgan fingerprint density at radius 3 is 2.17 bits per heavy atom. The molecule has 11 nitrogen and oxygen atoms in total. The summed E-state index contributed by atoms with van der Waals surface area (Å²) in [5.41, 5.74) is -0.340. The van der Waals surface area contributed by atoms with Gasteiger partial charge in [0.05, 0.1) is 27.0 Å². The predicted octanol–water partition coefficient (Wildman–Crippen LogP) is 3.04. The van der Waals surface area contributed by atoms with Gasteiger partial charge in [0, 0.05) is 0 Å². The number of azo groups is 1. The number of hydrogen-bond donors (Lipinski definition) is 3. The van der Waals surface area contributed by atoms with E-state index in [0.717, 1.165) is 22.9 Å². The Morgan fingerprint density at radius 2 is 1.60 bits per heavy atom. The second-order valence-electron chi connectivity index (χ2n) is 5.96. The first-order chi connectivity index (χ1) is 13.9. The number of nitrogens with zero attached hydrogens (tertiary/aromatic N) is 3. The molecule has 1 heterocycles. The number of aryl methyl sites for hydroxylation is 1. The van der Waals surface area contributed by atoms with Gasteiger partial charge in [-0.25, -0.2) is 4.68 Å². The highest BCUT2D eigenvalue weighted by Crippen LogP contribution is 2.28. The van der Waals surface area contributed by atoms with Crippen molar-refractivity contribution < 1.29 is 25.9 Å². The molecular weight excluding hydrogens is 460 g/mol. The SMILES string of the molecule is Cc1[nH]n(-c2cccc(S(=O)(=O)O)c2Cl)c(=O)c1N=Nc1ccc(S(=O)(=O)O)cc1. The van der Waals surface area contributed by atoms with Crippen LogP contribution in [0.3, 0.4) is 0 Å². The van der Waals surface area contributed by atoms with Crippen LogP contribution in [0.2, 0.25) is 5.02 Å². The summed E-state index contributed by atoms with van der Waals surface area (Å²) in [6.45, 7) is 1.52. The summed E-state index contributed by atoms with van der Waals surface area (Å²) in [6, 6.07) is 8.53. The van der Waals surface area contributed by atoms with Crippen molar-refractivity contribution in [2.75, 3.05) is 0 Å². The monoisotopic (exact) mass is 472 g/mol. The topological polar surface area (TPSA) is 171 Å². The maximum atomic E-state index is 12.7. The Labute approximate surface area is 175 Å². The van der Waals surface area contributed by atoms with Crippen LogP contribution in [0.15, 0.2) is 67.3 Å². The highest BCUT2D eigenvalue weighted by molar-refractivity contribution is 7.86. The second-order valence-corrected chi connectivity index (χ2v) is 9.15. The molecule has 2 aromatic carbocycles. The van der Waals surface area contributed by atoms with E-state index in [1.807, 2.05) is 0 Å². The first-order valence-electron chi connectivity index (χ1n) is 7.97. The first-order valence-corrected chi connectivity index (χ1v) is 11.2. The van der Waals surface area contributed by atoms with Crippen LogP contribution in [-0.4, -0.2) is 35.7 Å². The van der Waals surface area contributed by atoms with Gasteiger partial charge in [0.1, 0.15) is 4.90 Å². The number of nitrogens with one attached hydrogen (secondary N) is 1. The van der Waals surface area contributed by atoms with E-state index < -0.39 is 30.7 Å². The number of benzene rings is 2. The van der Waals surface area contributed by atoms with Gasteiger partial charge in [0.2, 0.25) is 0 Å². The minimum Gasteiger partial charge on any atom is -0.293 e. The number of aromatic nitrogens is 2. The smallest absolute Gasteiger partial charge is 0.293 e. The fourth-order valence-corrected chi connectivity index (χ4v) is 4.05. The zero-order chi connectivity index (χ0) is 22.3. The van der Waals surface area contributed by atoms with Crippen LogP contribution in [0, 0.1) is 6.92 Å². The molecular formula is C16H13ClN4O7S2. The third-order valence-corrected chi connectivity index (χ3v) is 6.18. The minimum atomic E-state index is -4.60. The van der Waals surface area contributed by atoms with Gasteiger partial charge in [-0.1, -0.05) is 17.7 Å². The Kier molecular flexibility index (Phi) is 5.66. The van der Waals surface area contributed by atoms with Crippen LogP contribution in [0.4, 0.5) is 11.4 Å². The van der Waals surface area contributed by atoms with Crippen molar-refractivity contribution in [1.29, 1.82) is 0 Å². The number of halogens is 1. The molecule has 0 fully saturated rings. The lowest BCUT2D eigenvalue weighted by Crippen LogP contribution is -2.15. The zero-order valence-electron chi connectivity index (χ0n) is 15.0. The molecule has 14 heteroatoms. The quantitative estimate of drug-likeness (QED) is 0.378. The van der Waals surface area contributed by atoms with Crippen molar-refractivity contribution in [2.45, 2.75) is 16.7 Å². The van der Waals surface area contributed by atoms with Gasteiger partial charge in [-0.15, -0.1) is 5.11 Å². The summed E-state index contributed by atoms with van der Waals surface area (Å²) < 4.78 is 64.1. The Balaban J connectivity index is 2.02. The summed E-state index contributed by atoms with van der Waals surface area (Å²) in [7, 11) is -8.95. The van der Waals surface area contributed by atoms with Crippen molar-refractivity contribution in [3.05, 3.63) is 63.5 Å². The van der Waals surface area contributed by atoms with Crippen LogP contribution in [-0.2, 0) is 20.2 Å². The molecule has 0 unspecified atom stereocenters. The van der Waals surface area contributed by atoms with E-state index in [4.69, 9.17) is 16.2 Å². The number of rotatable bonds is 5. The molecule has 0 aliphatic carbocycles. The third-order valence-electron chi connectivity index (χ3n) is 3.90. The molecule has 0 radical (unpaired) electrons. The van der Waals surface area contributed by atoms with Crippen LogP contribution in [0.1, 0.15) is 5.69 Å². The maximum Gasteiger partial charge on any atom is 0.299 e. The third kappa shape index (κ3) is 4.34. The number of H-pyrrole nitrogens is 1. The molecule has 158 valence electrons. The van der Waals surface area contributed by atoms with Gasteiger partial charge >= 0.3 is 0 Å². The van der Waals surface area contributed by atoms with Gasteiger partial charge in [-0.3, -0.25) is 19.0 Å². The van der Waals surface area contributed by atoms with Gasteiger partial charge in [0.25, 0.3) is 25.8 Å². The molecule has 0 spiro atoms. The summed E-state index contributed by atoms with van der Waals surface area (Å²) in [5.74, 6) is 0. The van der Waals surface area contributed by atoms with E-state index in [1.165, 1.54) is 31.2 Å².